The number of carbonyl (C=O) groups excluding carboxylic acids is 2. The molecule has 228 valence electrons. The summed E-state index contributed by atoms with van der Waals surface area (Å²) in [6.07, 6.45) is 10.3. The second kappa shape index (κ2) is 24.2. The number of aliphatic carboxylic acids is 2. The Balaban J connectivity index is 0.000000523. The Bertz CT molecular complexity index is 980. The molecule has 1 amide bonds. The molecule has 1 atom stereocenters. The number of carboxylic acids is 2. The first-order chi connectivity index (χ1) is 19.6. The van der Waals surface area contributed by atoms with Crippen molar-refractivity contribution in [1.29, 1.82) is 0 Å². The highest BCUT2D eigenvalue weighted by Gasteiger charge is 2.15. The number of nitrogens with two attached hydrogens (primary N) is 3. The zero-order valence-electron chi connectivity index (χ0n) is 24.2. The van der Waals surface area contributed by atoms with Crippen LogP contribution in [0.4, 0.5) is 5.69 Å². The van der Waals surface area contributed by atoms with Gasteiger partial charge in [0.1, 0.15) is 12.3 Å². The number of carboxylic acid groups (broad SMARTS) is 2. The molecule has 0 aromatic heterocycles. The summed E-state index contributed by atoms with van der Waals surface area (Å²) < 4.78 is 0. The molecule has 2 aromatic rings. The largest absolute Gasteiger partial charge is 0.481 e. The van der Waals surface area contributed by atoms with E-state index in [1.54, 1.807) is 24.3 Å². The van der Waals surface area contributed by atoms with E-state index in [4.69, 9.17) is 27.4 Å². The van der Waals surface area contributed by atoms with Crippen molar-refractivity contribution < 1.29 is 29.4 Å². The van der Waals surface area contributed by atoms with Gasteiger partial charge in [0.2, 0.25) is 5.91 Å². The standard InChI is InChI=1S/C9H9NO2.C8H11N.C8H14O2.C6H14N2O2/c1-7(12)10-9-4-2-8(6-11)3-5-9;9-7-6-8-4-2-1-3-5-8;9-8(10)6-7-4-2-1-3-5-7;7-4-2-1-3-5(8)6(9)10/h2-6H,1H3,(H,10,12);1-5H,6-7,9H2;7H,1-6H2,(H,9,10);5H,1-4,7-8H2,(H,9,10)/t;;;5-/m...0/s1. The van der Waals surface area contributed by atoms with Gasteiger partial charge in [-0.15, -0.1) is 0 Å². The van der Waals surface area contributed by atoms with Crippen molar-refractivity contribution in [3.8, 4) is 0 Å². The van der Waals surface area contributed by atoms with Crippen LogP contribution < -0.4 is 22.5 Å². The van der Waals surface area contributed by atoms with Crippen LogP contribution in [0.15, 0.2) is 54.6 Å². The molecule has 41 heavy (non-hydrogen) atoms. The number of nitrogens with one attached hydrogen (secondary N) is 1. The lowest BCUT2D eigenvalue weighted by molar-refractivity contribution is -0.139. The van der Waals surface area contributed by atoms with Gasteiger partial charge in [-0.3, -0.25) is 19.2 Å². The summed E-state index contributed by atoms with van der Waals surface area (Å²) in [6, 6.07) is 16.2. The maximum absolute atomic E-state index is 10.6. The molecule has 10 heteroatoms. The zero-order valence-corrected chi connectivity index (χ0v) is 24.2. The van der Waals surface area contributed by atoms with Gasteiger partial charge in [-0.1, -0.05) is 56.0 Å². The Morgan fingerprint density at radius 2 is 1.54 bits per heavy atom. The number of hydrogen-bond donors (Lipinski definition) is 6. The third-order valence-electron chi connectivity index (χ3n) is 6.12. The first-order valence-electron chi connectivity index (χ1n) is 14.1. The third kappa shape index (κ3) is 21.9. The second-order valence-electron chi connectivity index (χ2n) is 9.78. The van der Waals surface area contributed by atoms with Gasteiger partial charge in [-0.05, 0) is 80.9 Å². The average Bonchev–Trinajstić information content (AvgIpc) is 2.95. The number of rotatable bonds is 11. The summed E-state index contributed by atoms with van der Waals surface area (Å²) in [5.74, 6) is -1.20. The van der Waals surface area contributed by atoms with Gasteiger partial charge in [0, 0.05) is 24.6 Å². The molecule has 0 aliphatic heterocycles. The molecule has 0 unspecified atom stereocenters. The highest BCUT2D eigenvalue weighted by molar-refractivity contribution is 5.89. The molecule has 3 rings (SSSR count). The molecule has 0 heterocycles. The summed E-state index contributed by atoms with van der Waals surface area (Å²) in [7, 11) is 0. The molecule has 0 spiro atoms. The molecule has 1 saturated carbocycles. The highest BCUT2D eigenvalue weighted by atomic mass is 16.4. The first-order valence-corrected chi connectivity index (χ1v) is 14.1. The molecule has 1 aliphatic rings. The highest BCUT2D eigenvalue weighted by Crippen LogP contribution is 2.25. The molecule has 0 bridgehead atoms. The number of unbranched alkanes of at least 4 members (excludes halogenated alkanes) is 1. The fourth-order valence-electron chi connectivity index (χ4n) is 3.93. The second-order valence-corrected chi connectivity index (χ2v) is 9.78. The molecule has 0 radical (unpaired) electrons. The van der Waals surface area contributed by atoms with Crippen molar-refractivity contribution in [2.24, 2.45) is 23.1 Å². The van der Waals surface area contributed by atoms with E-state index < -0.39 is 18.0 Å². The Labute approximate surface area is 243 Å². The summed E-state index contributed by atoms with van der Waals surface area (Å²) in [6.45, 7) is 2.78. The summed E-state index contributed by atoms with van der Waals surface area (Å²) in [4.78, 5) is 41.2. The molecule has 10 nitrogen and oxygen atoms in total. The molecule has 9 N–H and O–H groups in total. The SMILES string of the molecule is CC(=O)Nc1ccc(C=O)cc1.NCCCC[C@H](N)C(=O)O.NCCc1ccccc1.O=C(O)CC1CCCCC1. The molecule has 1 fully saturated rings. The van der Waals surface area contributed by atoms with Crippen LogP contribution in [0.1, 0.15) is 80.6 Å². The summed E-state index contributed by atoms with van der Waals surface area (Å²) >= 11 is 0. The fourth-order valence-corrected chi connectivity index (χ4v) is 3.93. The summed E-state index contributed by atoms with van der Waals surface area (Å²) in [5, 5.41) is 19.4. The van der Waals surface area contributed by atoms with Crippen molar-refractivity contribution in [2.75, 3.05) is 18.4 Å². The molecular formula is C31H48N4O6. The minimum atomic E-state index is -0.933. The predicted molar refractivity (Wildman–Crippen MR) is 163 cm³/mol. The normalized spacial score (nSPS) is 13.0. The van der Waals surface area contributed by atoms with Crippen LogP contribution in [0.3, 0.4) is 0 Å². The minimum absolute atomic E-state index is 0.117. The van der Waals surface area contributed by atoms with E-state index in [-0.39, 0.29) is 5.91 Å². The van der Waals surface area contributed by atoms with Gasteiger partial charge in [0.15, 0.2) is 0 Å². The number of anilines is 1. The molecular weight excluding hydrogens is 524 g/mol. The fraction of sp³-hybridized carbons (Fsp3) is 0.484. The Hall–Kier alpha value is -3.60. The van der Waals surface area contributed by atoms with Crippen molar-refractivity contribution in [1.82, 2.24) is 0 Å². The van der Waals surface area contributed by atoms with Crippen LogP contribution >= 0.6 is 0 Å². The number of hydrogen-bond acceptors (Lipinski definition) is 7. The van der Waals surface area contributed by atoms with Crippen molar-refractivity contribution >= 4 is 29.8 Å². The lowest BCUT2D eigenvalue weighted by atomic mass is 9.87. The van der Waals surface area contributed by atoms with Gasteiger partial charge in [-0.25, -0.2) is 0 Å². The summed E-state index contributed by atoms with van der Waals surface area (Å²) in [5.41, 5.74) is 18.4. The number of carbonyl (C=O) groups is 4. The van der Waals surface area contributed by atoms with E-state index in [1.165, 1.54) is 31.7 Å². The lowest BCUT2D eigenvalue weighted by Crippen LogP contribution is -2.29. The van der Waals surface area contributed by atoms with Crippen LogP contribution in [0.5, 0.6) is 0 Å². The lowest BCUT2D eigenvalue weighted by Gasteiger charge is -2.18. The van der Waals surface area contributed by atoms with Gasteiger partial charge >= 0.3 is 11.9 Å². The quantitative estimate of drug-likeness (QED) is 0.168. The van der Waals surface area contributed by atoms with Crippen LogP contribution in [-0.2, 0) is 20.8 Å². The molecule has 1 aliphatic carbocycles. The Kier molecular flexibility index (Phi) is 22.1. The predicted octanol–water partition coefficient (Wildman–Crippen LogP) is 4.21. The average molecular weight is 573 g/mol. The third-order valence-corrected chi connectivity index (χ3v) is 6.12. The van der Waals surface area contributed by atoms with Crippen molar-refractivity contribution in [2.45, 2.75) is 77.2 Å². The van der Waals surface area contributed by atoms with Crippen LogP contribution in [0, 0.1) is 5.92 Å². The first kappa shape index (κ1) is 37.4. The van der Waals surface area contributed by atoms with Crippen molar-refractivity contribution in [3.63, 3.8) is 0 Å². The van der Waals surface area contributed by atoms with Crippen LogP contribution in [0.2, 0.25) is 0 Å². The maximum Gasteiger partial charge on any atom is 0.320 e. The van der Waals surface area contributed by atoms with Crippen molar-refractivity contribution in [3.05, 3.63) is 65.7 Å². The van der Waals surface area contributed by atoms with E-state index in [2.05, 4.69) is 17.4 Å². The van der Waals surface area contributed by atoms with E-state index in [9.17, 15) is 19.2 Å². The number of aldehydes is 1. The number of amides is 1. The van der Waals surface area contributed by atoms with Crippen LogP contribution in [-0.4, -0.2) is 53.5 Å². The zero-order chi connectivity index (χ0) is 30.9. The van der Waals surface area contributed by atoms with E-state index in [0.717, 1.165) is 44.9 Å². The Morgan fingerprint density at radius 3 is 2.00 bits per heavy atom. The smallest absolute Gasteiger partial charge is 0.320 e. The van der Waals surface area contributed by atoms with Gasteiger partial charge in [0.25, 0.3) is 0 Å². The van der Waals surface area contributed by atoms with Gasteiger partial charge in [-0.2, -0.15) is 0 Å². The topological polar surface area (TPSA) is 199 Å². The van der Waals surface area contributed by atoms with E-state index in [0.29, 0.717) is 36.6 Å². The molecule has 0 saturated heterocycles. The van der Waals surface area contributed by atoms with E-state index >= 15 is 0 Å². The molecule has 2 aromatic carbocycles. The van der Waals surface area contributed by atoms with Gasteiger partial charge < -0.3 is 32.7 Å². The Morgan fingerprint density at radius 1 is 0.927 bits per heavy atom. The minimum Gasteiger partial charge on any atom is -0.481 e. The maximum atomic E-state index is 10.6. The monoisotopic (exact) mass is 572 g/mol. The van der Waals surface area contributed by atoms with Crippen LogP contribution in [0.25, 0.3) is 0 Å². The number of benzene rings is 2. The van der Waals surface area contributed by atoms with E-state index in [1.807, 2.05) is 18.2 Å². The van der Waals surface area contributed by atoms with Gasteiger partial charge in [0.05, 0.1) is 0 Å².